The molecule has 0 aliphatic rings. The number of benzene rings is 1. The van der Waals surface area contributed by atoms with Crippen LogP contribution in [0.5, 0.6) is 5.75 Å². The minimum Gasteiger partial charge on any atom is -0.468 e. The number of ether oxygens (including phenoxy) is 2. The van der Waals surface area contributed by atoms with Gasteiger partial charge in [0.2, 0.25) is 0 Å². The Morgan fingerprint density at radius 2 is 2.07 bits per heavy atom. The molecule has 0 aromatic heterocycles. The van der Waals surface area contributed by atoms with Crippen LogP contribution in [-0.4, -0.2) is 31.1 Å². The van der Waals surface area contributed by atoms with E-state index in [9.17, 15) is 0 Å². The lowest BCUT2D eigenvalue weighted by Crippen LogP contribution is -2.31. The summed E-state index contributed by atoms with van der Waals surface area (Å²) in [6.45, 7) is 1.98. The normalized spacial score (nSPS) is 10.0. The molecular weight excluding hydrogens is 183 g/mol. The second-order valence-corrected chi connectivity index (χ2v) is 2.97. The molecular formula is C9H13BO4. The molecule has 0 saturated carbocycles. The Labute approximate surface area is 83.2 Å². The average molecular weight is 196 g/mol. The standard InChI is InChI=1S/C9H13BO4/c1-7-3-4-8(10(11)12)9(5-7)14-6-13-2/h3-5,11-12H,6H2,1-2H3. The molecule has 0 bridgehead atoms. The molecule has 4 nitrogen and oxygen atoms in total. The minimum atomic E-state index is -1.53. The van der Waals surface area contributed by atoms with Crippen LogP contribution in [0, 0.1) is 6.92 Å². The zero-order valence-corrected chi connectivity index (χ0v) is 8.23. The van der Waals surface area contributed by atoms with Crippen LogP contribution in [0.4, 0.5) is 0 Å². The second-order valence-electron chi connectivity index (χ2n) is 2.97. The molecule has 2 N–H and O–H groups in total. The first-order valence-electron chi connectivity index (χ1n) is 4.23. The van der Waals surface area contributed by atoms with Gasteiger partial charge in [0, 0.05) is 12.6 Å². The van der Waals surface area contributed by atoms with E-state index in [1.807, 2.05) is 6.92 Å². The fourth-order valence-electron chi connectivity index (χ4n) is 1.10. The lowest BCUT2D eigenvalue weighted by atomic mass is 9.79. The highest BCUT2D eigenvalue weighted by molar-refractivity contribution is 6.59. The molecule has 0 heterocycles. The molecule has 0 unspecified atom stereocenters. The van der Waals surface area contributed by atoms with Gasteiger partial charge in [-0.25, -0.2) is 0 Å². The lowest BCUT2D eigenvalue weighted by molar-refractivity contribution is 0.0517. The fraction of sp³-hybridized carbons (Fsp3) is 0.333. The third kappa shape index (κ3) is 2.73. The van der Waals surface area contributed by atoms with E-state index >= 15 is 0 Å². The molecule has 0 atom stereocenters. The molecule has 1 aromatic carbocycles. The maximum absolute atomic E-state index is 9.03. The minimum absolute atomic E-state index is 0.0865. The summed E-state index contributed by atoms with van der Waals surface area (Å²) in [6, 6.07) is 5.13. The van der Waals surface area contributed by atoms with Gasteiger partial charge in [-0.3, -0.25) is 0 Å². The summed E-state index contributed by atoms with van der Waals surface area (Å²) >= 11 is 0. The van der Waals surface area contributed by atoms with Gasteiger partial charge in [0.15, 0.2) is 6.79 Å². The van der Waals surface area contributed by atoms with E-state index in [0.29, 0.717) is 11.2 Å². The van der Waals surface area contributed by atoms with Crippen molar-refractivity contribution in [3.8, 4) is 5.75 Å². The summed E-state index contributed by atoms with van der Waals surface area (Å²) in [7, 11) is -0.0207. The quantitative estimate of drug-likeness (QED) is 0.510. The van der Waals surface area contributed by atoms with Crippen LogP contribution in [-0.2, 0) is 4.74 Å². The van der Waals surface area contributed by atoms with Crippen molar-refractivity contribution in [2.45, 2.75) is 6.92 Å². The molecule has 0 amide bonds. The van der Waals surface area contributed by atoms with Gasteiger partial charge in [0.1, 0.15) is 5.75 Å². The van der Waals surface area contributed by atoms with Crippen molar-refractivity contribution in [1.82, 2.24) is 0 Å². The van der Waals surface area contributed by atoms with Gasteiger partial charge in [-0.2, -0.15) is 0 Å². The van der Waals surface area contributed by atoms with Crippen molar-refractivity contribution < 1.29 is 19.5 Å². The maximum atomic E-state index is 9.03. The molecule has 0 spiro atoms. The van der Waals surface area contributed by atoms with Crippen LogP contribution < -0.4 is 10.2 Å². The number of rotatable bonds is 4. The summed E-state index contributed by atoms with van der Waals surface area (Å²) in [5.41, 5.74) is 1.33. The SMILES string of the molecule is COCOc1cc(C)ccc1B(O)O. The van der Waals surface area contributed by atoms with Crippen LogP contribution in [0.15, 0.2) is 18.2 Å². The van der Waals surface area contributed by atoms with Crippen molar-refractivity contribution in [2.24, 2.45) is 0 Å². The Morgan fingerprint density at radius 3 is 2.64 bits per heavy atom. The van der Waals surface area contributed by atoms with Gasteiger partial charge < -0.3 is 19.5 Å². The highest BCUT2D eigenvalue weighted by Crippen LogP contribution is 2.10. The van der Waals surface area contributed by atoms with Gasteiger partial charge >= 0.3 is 7.12 Å². The Hall–Kier alpha value is -1.04. The second kappa shape index (κ2) is 5.00. The molecule has 0 aliphatic heterocycles. The Kier molecular flexibility index (Phi) is 3.94. The molecule has 1 rings (SSSR count). The van der Waals surface area contributed by atoms with Crippen molar-refractivity contribution in [2.75, 3.05) is 13.9 Å². The van der Waals surface area contributed by atoms with Crippen LogP contribution in [0.3, 0.4) is 0 Å². The van der Waals surface area contributed by atoms with Gasteiger partial charge in [-0.1, -0.05) is 12.1 Å². The maximum Gasteiger partial charge on any atom is 0.492 e. The molecule has 0 radical (unpaired) electrons. The smallest absolute Gasteiger partial charge is 0.468 e. The van der Waals surface area contributed by atoms with Gasteiger partial charge in [0.05, 0.1) is 0 Å². The highest BCUT2D eigenvalue weighted by Gasteiger charge is 2.16. The highest BCUT2D eigenvalue weighted by atomic mass is 16.7. The molecule has 14 heavy (non-hydrogen) atoms. The monoisotopic (exact) mass is 196 g/mol. The third-order valence-electron chi connectivity index (χ3n) is 1.78. The number of hydrogen-bond acceptors (Lipinski definition) is 4. The zero-order valence-electron chi connectivity index (χ0n) is 8.23. The lowest BCUT2D eigenvalue weighted by Gasteiger charge is -2.10. The summed E-state index contributed by atoms with van der Waals surface area (Å²) in [5.74, 6) is 0.432. The molecule has 0 saturated heterocycles. The van der Waals surface area contributed by atoms with Crippen LogP contribution in [0.2, 0.25) is 0 Å². The Balaban J connectivity index is 2.91. The van der Waals surface area contributed by atoms with Crippen LogP contribution in [0.25, 0.3) is 0 Å². The Bertz CT molecular complexity index is 301. The van der Waals surface area contributed by atoms with E-state index in [1.54, 1.807) is 18.2 Å². The number of aryl methyl sites for hydroxylation is 1. The zero-order chi connectivity index (χ0) is 10.6. The van der Waals surface area contributed by atoms with E-state index < -0.39 is 7.12 Å². The largest absolute Gasteiger partial charge is 0.492 e. The predicted molar refractivity (Wildman–Crippen MR) is 53.5 cm³/mol. The van der Waals surface area contributed by atoms with Crippen molar-refractivity contribution in [3.05, 3.63) is 23.8 Å². The third-order valence-corrected chi connectivity index (χ3v) is 1.78. The first kappa shape index (κ1) is 11.0. The number of methoxy groups -OCH3 is 1. The van der Waals surface area contributed by atoms with Crippen molar-refractivity contribution >= 4 is 12.6 Å². The average Bonchev–Trinajstić information content (AvgIpc) is 2.14. The first-order valence-corrected chi connectivity index (χ1v) is 4.23. The summed E-state index contributed by atoms with van der Waals surface area (Å²) < 4.78 is 9.92. The summed E-state index contributed by atoms with van der Waals surface area (Å²) in [6.07, 6.45) is 0. The number of hydrogen-bond donors (Lipinski definition) is 2. The summed E-state index contributed by atoms with van der Waals surface area (Å²) in [5, 5.41) is 18.1. The van der Waals surface area contributed by atoms with E-state index in [2.05, 4.69) is 0 Å². The van der Waals surface area contributed by atoms with Gasteiger partial charge in [0.25, 0.3) is 0 Å². The van der Waals surface area contributed by atoms with E-state index in [4.69, 9.17) is 19.5 Å². The molecule has 1 aromatic rings. The van der Waals surface area contributed by atoms with E-state index in [0.717, 1.165) is 5.56 Å². The fourth-order valence-corrected chi connectivity index (χ4v) is 1.10. The van der Waals surface area contributed by atoms with Crippen molar-refractivity contribution in [3.63, 3.8) is 0 Å². The predicted octanol–water partition coefficient (Wildman–Crippen LogP) is -0.342. The van der Waals surface area contributed by atoms with Gasteiger partial charge in [-0.15, -0.1) is 0 Å². The molecule has 76 valence electrons. The first-order chi connectivity index (χ1) is 6.65. The Morgan fingerprint density at radius 1 is 1.36 bits per heavy atom. The van der Waals surface area contributed by atoms with E-state index in [1.165, 1.54) is 7.11 Å². The molecule has 0 fully saturated rings. The molecule has 0 aliphatic carbocycles. The van der Waals surface area contributed by atoms with Gasteiger partial charge in [-0.05, 0) is 18.6 Å². The van der Waals surface area contributed by atoms with Crippen LogP contribution in [0.1, 0.15) is 5.56 Å². The summed E-state index contributed by atoms with van der Waals surface area (Å²) in [4.78, 5) is 0. The van der Waals surface area contributed by atoms with Crippen LogP contribution >= 0.6 is 0 Å². The van der Waals surface area contributed by atoms with Crippen molar-refractivity contribution in [1.29, 1.82) is 0 Å². The topological polar surface area (TPSA) is 58.9 Å². The molecule has 5 heteroatoms. The van der Waals surface area contributed by atoms with E-state index in [-0.39, 0.29) is 6.79 Å².